The molecule has 0 saturated carbocycles. The molecule has 0 aromatic heterocycles. The first-order valence-electron chi connectivity index (χ1n) is 8.00. The smallest absolute Gasteiger partial charge is 0.408 e. The number of aliphatic carboxylic acids is 1. The molecule has 0 unspecified atom stereocenters. The van der Waals surface area contributed by atoms with Crippen LogP contribution in [0.5, 0.6) is 0 Å². The summed E-state index contributed by atoms with van der Waals surface area (Å²) in [4.78, 5) is 35.4. The lowest BCUT2D eigenvalue weighted by atomic mass is 10.0. The first kappa shape index (κ1) is 21.2. The lowest BCUT2D eigenvalue weighted by Gasteiger charge is -2.26. The predicted molar refractivity (Wildman–Crippen MR) is 87.1 cm³/mol. The number of hydrogen-bond acceptors (Lipinski definition) is 4. The number of carbonyl (C=O) groups is 3. The van der Waals surface area contributed by atoms with E-state index in [9.17, 15) is 19.5 Å². The zero-order valence-electron chi connectivity index (χ0n) is 14.9. The summed E-state index contributed by atoms with van der Waals surface area (Å²) in [5.41, 5.74) is -0.674. The van der Waals surface area contributed by atoms with E-state index >= 15 is 0 Å². The van der Waals surface area contributed by atoms with Crippen molar-refractivity contribution in [2.45, 2.75) is 78.5 Å². The van der Waals surface area contributed by atoms with Crippen molar-refractivity contribution in [2.24, 2.45) is 5.92 Å². The van der Waals surface area contributed by atoms with Crippen molar-refractivity contribution >= 4 is 18.0 Å². The van der Waals surface area contributed by atoms with Crippen molar-refractivity contribution in [1.82, 2.24) is 10.6 Å². The molecule has 0 bridgehead atoms. The van der Waals surface area contributed by atoms with E-state index in [1.54, 1.807) is 34.6 Å². The summed E-state index contributed by atoms with van der Waals surface area (Å²) in [5, 5.41) is 14.2. The molecular formula is C16H30N2O5. The van der Waals surface area contributed by atoms with E-state index < -0.39 is 35.7 Å². The van der Waals surface area contributed by atoms with Crippen molar-refractivity contribution in [1.29, 1.82) is 0 Å². The van der Waals surface area contributed by atoms with Gasteiger partial charge in [-0.3, -0.25) is 4.79 Å². The maximum atomic E-state index is 12.3. The van der Waals surface area contributed by atoms with Gasteiger partial charge >= 0.3 is 12.1 Å². The van der Waals surface area contributed by atoms with Gasteiger partial charge in [0.05, 0.1) is 0 Å². The fourth-order valence-electron chi connectivity index (χ4n) is 1.90. The number of nitrogens with one attached hydrogen (secondary N) is 2. The quantitative estimate of drug-likeness (QED) is 0.633. The third-order valence-electron chi connectivity index (χ3n) is 3.08. The second-order valence-electron chi connectivity index (χ2n) is 6.91. The fraction of sp³-hybridized carbons (Fsp3) is 0.812. The molecule has 7 heteroatoms. The number of amides is 2. The Kier molecular flexibility index (Phi) is 8.64. The minimum absolute atomic E-state index is 0.205. The Labute approximate surface area is 138 Å². The van der Waals surface area contributed by atoms with Crippen LogP contribution >= 0.6 is 0 Å². The molecule has 0 aliphatic heterocycles. The Bertz CT molecular complexity index is 415. The van der Waals surface area contributed by atoms with Crippen LogP contribution in [0, 0.1) is 5.92 Å². The molecule has 23 heavy (non-hydrogen) atoms. The van der Waals surface area contributed by atoms with Gasteiger partial charge in [-0.1, -0.05) is 33.6 Å². The number of unbranched alkanes of at least 4 members (excludes halogenated alkanes) is 1. The van der Waals surface area contributed by atoms with E-state index in [-0.39, 0.29) is 5.92 Å². The fourth-order valence-corrected chi connectivity index (χ4v) is 1.90. The van der Waals surface area contributed by atoms with Gasteiger partial charge in [0.15, 0.2) is 0 Å². The molecule has 7 nitrogen and oxygen atoms in total. The van der Waals surface area contributed by atoms with Crippen LogP contribution in [0.3, 0.4) is 0 Å². The molecule has 2 amide bonds. The van der Waals surface area contributed by atoms with Crippen LogP contribution in [0.15, 0.2) is 0 Å². The Morgan fingerprint density at radius 2 is 1.70 bits per heavy atom. The minimum atomic E-state index is -1.08. The Balaban J connectivity index is 4.84. The van der Waals surface area contributed by atoms with Crippen LogP contribution in [0.4, 0.5) is 4.79 Å². The van der Waals surface area contributed by atoms with Crippen LogP contribution < -0.4 is 10.6 Å². The maximum Gasteiger partial charge on any atom is 0.408 e. The van der Waals surface area contributed by atoms with Crippen LogP contribution in [0.2, 0.25) is 0 Å². The number of carboxylic acids is 1. The van der Waals surface area contributed by atoms with Gasteiger partial charge in [0.25, 0.3) is 0 Å². The number of hydrogen-bond donors (Lipinski definition) is 3. The van der Waals surface area contributed by atoms with E-state index in [1.807, 2.05) is 6.92 Å². The number of ether oxygens (including phenoxy) is 1. The molecule has 0 aromatic carbocycles. The Morgan fingerprint density at radius 3 is 2.09 bits per heavy atom. The standard InChI is InChI=1S/C16H30N2O5/c1-7-8-9-11(14(20)21)17-13(19)12(10(2)3)18-15(22)23-16(4,5)6/h10-12H,7-9H2,1-6H3,(H,17,19)(H,18,22)(H,20,21)/t11-,12-/m0/s1. The first-order chi connectivity index (χ1) is 10.5. The summed E-state index contributed by atoms with van der Waals surface area (Å²) in [6.45, 7) is 10.7. The zero-order valence-corrected chi connectivity index (χ0v) is 14.9. The summed E-state index contributed by atoms with van der Waals surface area (Å²) in [5.74, 6) is -1.80. The van der Waals surface area contributed by atoms with Crippen LogP contribution in [0.1, 0.15) is 60.8 Å². The van der Waals surface area contributed by atoms with Crippen LogP contribution in [-0.2, 0) is 14.3 Å². The van der Waals surface area contributed by atoms with Crippen LogP contribution in [-0.4, -0.2) is 40.8 Å². The summed E-state index contributed by atoms with van der Waals surface area (Å²) >= 11 is 0. The summed E-state index contributed by atoms with van der Waals surface area (Å²) < 4.78 is 5.14. The van der Waals surface area contributed by atoms with Gasteiger partial charge in [0.2, 0.25) is 5.91 Å². The van der Waals surface area contributed by atoms with Gasteiger partial charge in [-0.25, -0.2) is 9.59 Å². The van der Waals surface area contributed by atoms with Crippen molar-refractivity contribution in [3.63, 3.8) is 0 Å². The maximum absolute atomic E-state index is 12.3. The van der Waals surface area contributed by atoms with Gasteiger partial charge < -0.3 is 20.5 Å². The second kappa shape index (κ2) is 9.37. The van der Waals surface area contributed by atoms with E-state index in [2.05, 4.69) is 10.6 Å². The molecule has 3 N–H and O–H groups in total. The largest absolute Gasteiger partial charge is 0.480 e. The third-order valence-corrected chi connectivity index (χ3v) is 3.08. The van der Waals surface area contributed by atoms with Crippen molar-refractivity contribution in [2.75, 3.05) is 0 Å². The average molecular weight is 330 g/mol. The number of carbonyl (C=O) groups excluding carboxylic acids is 2. The van der Waals surface area contributed by atoms with Gasteiger partial charge in [-0.05, 0) is 33.1 Å². The number of carboxylic acid groups (broad SMARTS) is 1. The van der Waals surface area contributed by atoms with Crippen molar-refractivity contribution < 1.29 is 24.2 Å². The van der Waals surface area contributed by atoms with Gasteiger partial charge in [-0.2, -0.15) is 0 Å². The Hall–Kier alpha value is -1.79. The molecule has 0 fully saturated rings. The van der Waals surface area contributed by atoms with Crippen molar-refractivity contribution in [3.05, 3.63) is 0 Å². The second-order valence-corrected chi connectivity index (χ2v) is 6.91. The van der Waals surface area contributed by atoms with E-state index in [0.717, 1.165) is 6.42 Å². The Morgan fingerprint density at radius 1 is 1.13 bits per heavy atom. The molecule has 0 aliphatic rings. The topological polar surface area (TPSA) is 105 Å². The highest BCUT2D eigenvalue weighted by molar-refractivity contribution is 5.89. The molecule has 0 aromatic rings. The van der Waals surface area contributed by atoms with Gasteiger partial charge in [0, 0.05) is 0 Å². The van der Waals surface area contributed by atoms with Crippen molar-refractivity contribution in [3.8, 4) is 0 Å². The highest BCUT2D eigenvalue weighted by atomic mass is 16.6. The summed E-state index contributed by atoms with van der Waals surface area (Å²) in [6, 6.07) is -1.81. The van der Waals surface area contributed by atoms with Gasteiger partial charge in [0.1, 0.15) is 17.7 Å². The monoisotopic (exact) mass is 330 g/mol. The van der Waals surface area contributed by atoms with E-state index in [4.69, 9.17) is 4.74 Å². The molecular weight excluding hydrogens is 300 g/mol. The highest BCUT2D eigenvalue weighted by Gasteiger charge is 2.29. The SMILES string of the molecule is CCCC[C@H](NC(=O)[C@@H](NC(=O)OC(C)(C)C)C(C)C)C(=O)O. The molecule has 0 heterocycles. The summed E-state index contributed by atoms with van der Waals surface area (Å²) in [6.07, 6.45) is 1.19. The lowest BCUT2D eigenvalue weighted by molar-refractivity contribution is -0.142. The molecule has 0 rings (SSSR count). The molecule has 2 atom stereocenters. The third kappa shape index (κ3) is 9.05. The molecule has 0 aliphatic carbocycles. The molecule has 0 spiro atoms. The zero-order chi connectivity index (χ0) is 18.2. The highest BCUT2D eigenvalue weighted by Crippen LogP contribution is 2.10. The molecule has 0 saturated heterocycles. The first-order valence-corrected chi connectivity index (χ1v) is 8.00. The molecule has 134 valence electrons. The summed E-state index contributed by atoms with van der Waals surface area (Å²) in [7, 11) is 0. The average Bonchev–Trinajstić information content (AvgIpc) is 2.37. The van der Waals surface area contributed by atoms with E-state index in [0.29, 0.717) is 12.8 Å². The van der Waals surface area contributed by atoms with Gasteiger partial charge in [-0.15, -0.1) is 0 Å². The number of rotatable bonds is 8. The lowest BCUT2D eigenvalue weighted by Crippen LogP contribution is -2.54. The molecule has 0 radical (unpaired) electrons. The number of alkyl carbamates (subject to hydrolysis) is 1. The minimum Gasteiger partial charge on any atom is -0.480 e. The van der Waals surface area contributed by atoms with E-state index in [1.165, 1.54) is 0 Å². The normalized spacial score (nSPS) is 14.0. The van der Waals surface area contributed by atoms with Crippen LogP contribution in [0.25, 0.3) is 0 Å². The predicted octanol–water partition coefficient (Wildman–Crippen LogP) is 2.30.